The van der Waals surface area contributed by atoms with Gasteiger partial charge in [0.05, 0.1) is 0 Å². The van der Waals surface area contributed by atoms with Crippen LogP contribution in [0.1, 0.15) is 114 Å². The molecular weight excluding hydrogens is 705 g/mol. The van der Waals surface area contributed by atoms with Gasteiger partial charge in [0.25, 0.3) is 6.71 Å². The van der Waals surface area contributed by atoms with E-state index in [1.54, 1.807) is 22.3 Å². The molecule has 0 radical (unpaired) electrons. The topological polar surface area (TPSA) is 25.6 Å². The Bertz CT molecular complexity index is 2840. The zero-order chi connectivity index (χ0) is 40.0. The smallest absolute Gasteiger partial charge is 0.256 e. The minimum absolute atomic E-state index is 0.0114. The van der Waals surface area contributed by atoms with Gasteiger partial charge in [-0.3, -0.25) is 0 Å². The Labute approximate surface area is 344 Å². The summed E-state index contributed by atoms with van der Waals surface area (Å²) in [4.78, 5) is 2.53. The molecule has 0 saturated heterocycles. The van der Waals surface area contributed by atoms with Crippen LogP contribution in [0.15, 0.2) is 95.4 Å². The summed E-state index contributed by atoms with van der Waals surface area (Å²) in [7, 11) is 0. The first kappa shape index (κ1) is 35.9. The van der Waals surface area contributed by atoms with E-state index >= 15 is 0 Å². The molecule has 4 heteroatoms. The lowest BCUT2D eigenvalue weighted by Gasteiger charge is -2.41. The molecule has 0 saturated carbocycles. The molecule has 0 fully saturated rings. The molecule has 7 aromatic rings. The molecule has 0 spiro atoms. The molecule has 11 rings (SSSR count). The predicted octanol–water partition coefficient (Wildman–Crippen LogP) is 12.5. The number of hydrogen-bond donors (Lipinski definition) is 0. The summed E-state index contributed by atoms with van der Waals surface area (Å²) in [5.41, 5.74) is 22.2. The summed E-state index contributed by atoms with van der Waals surface area (Å²) < 4.78 is 14.0. The Morgan fingerprint density at radius 2 is 1.14 bits per heavy atom. The van der Waals surface area contributed by atoms with Gasteiger partial charge in [-0.1, -0.05) is 105 Å². The summed E-state index contributed by atoms with van der Waals surface area (Å²) in [5.74, 6) is 1.93. The van der Waals surface area contributed by atoms with Gasteiger partial charge in [0, 0.05) is 33.9 Å². The van der Waals surface area contributed by atoms with E-state index in [4.69, 9.17) is 9.15 Å². The molecule has 0 amide bonds. The highest BCUT2D eigenvalue weighted by molar-refractivity contribution is 6.99. The average molecular weight is 760 g/mol. The molecule has 4 aliphatic rings. The molecule has 1 aromatic heterocycles. The van der Waals surface area contributed by atoms with Crippen LogP contribution in [0.25, 0.3) is 33.1 Å². The summed E-state index contributed by atoms with van der Waals surface area (Å²) >= 11 is 0. The molecule has 6 aromatic carbocycles. The molecule has 0 atom stereocenters. The van der Waals surface area contributed by atoms with Crippen molar-refractivity contribution in [1.82, 2.24) is 0 Å². The van der Waals surface area contributed by atoms with Crippen LogP contribution in [0.2, 0.25) is 0 Å². The zero-order valence-electron chi connectivity index (χ0n) is 35.7. The number of furan rings is 1. The van der Waals surface area contributed by atoms with E-state index in [2.05, 4.69) is 158 Å². The molecule has 2 aliphatic carbocycles. The van der Waals surface area contributed by atoms with Gasteiger partial charge in [-0.05, 0) is 164 Å². The van der Waals surface area contributed by atoms with Crippen LogP contribution in [0.4, 0.5) is 17.1 Å². The van der Waals surface area contributed by atoms with Gasteiger partial charge < -0.3 is 14.1 Å². The molecule has 58 heavy (non-hydrogen) atoms. The zero-order valence-corrected chi connectivity index (χ0v) is 35.7. The second kappa shape index (κ2) is 12.2. The van der Waals surface area contributed by atoms with Crippen LogP contribution < -0.4 is 26.0 Å². The quantitative estimate of drug-likeness (QED) is 0.164. The first-order valence-corrected chi connectivity index (χ1v) is 21.7. The SMILES string of the molecule is CC(C)(C)c1ccc(N2c3cc4oc5ccc(C(C)(C)C)cc5c4cc3B3c4cc(C(C)(C)C)ccc4Oc4cc(-c5c6c(cc7c5CCC7)CCC6)cc2c43)cc1. The van der Waals surface area contributed by atoms with Crippen LogP contribution in [-0.4, -0.2) is 6.71 Å². The van der Waals surface area contributed by atoms with Crippen molar-refractivity contribution in [3.05, 3.63) is 130 Å². The van der Waals surface area contributed by atoms with Crippen LogP contribution in [0.3, 0.4) is 0 Å². The lowest BCUT2D eigenvalue weighted by atomic mass is 9.34. The maximum Gasteiger partial charge on any atom is 0.256 e. The van der Waals surface area contributed by atoms with E-state index in [1.165, 1.54) is 92.0 Å². The van der Waals surface area contributed by atoms with Gasteiger partial charge in [0.2, 0.25) is 0 Å². The Kier molecular flexibility index (Phi) is 7.53. The number of benzene rings is 6. The van der Waals surface area contributed by atoms with Gasteiger partial charge in [-0.25, -0.2) is 0 Å². The van der Waals surface area contributed by atoms with E-state index in [-0.39, 0.29) is 23.0 Å². The highest BCUT2D eigenvalue weighted by atomic mass is 16.5. The van der Waals surface area contributed by atoms with Crippen molar-refractivity contribution in [3.63, 3.8) is 0 Å². The monoisotopic (exact) mass is 759 g/mol. The maximum atomic E-state index is 7.21. The first-order chi connectivity index (χ1) is 27.6. The van der Waals surface area contributed by atoms with E-state index in [0.29, 0.717) is 0 Å². The number of anilines is 3. The van der Waals surface area contributed by atoms with Crippen molar-refractivity contribution >= 4 is 62.1 Å². The Morgan fingerprint density at radius 3 is 1.81 bits per heavy atom. The van der Waals surface area contributed by atoms with Crippen LogP contribution in [-0.2, 0) is 41.9 Å². The van der Waals surface area contributed by atoms with Gasteiger partial charge >= 0.3 is 0 Å². The third-order valence-electron chi connectivity index (χ3n) is 13.8. The molecule has 0 bridgehead atoms. The summed E-state index contributed by atoms with van der Waals surface area (Å²) in [6.45, 7) is 20.7. The maximum absolute atomic E-state index is 7.21. The van der Waals surface area contributed by atoms with E-state index in [1.807, 2.05) is 0 Å². The normalized spacial score (nSPS) is 15.7. The fourth-order valence-corrected chi connectivity index (χ4v) is 10.6. The Hall–Kier alpha value is -5.22. The minimum atomic E-state index is -0.0162. The predicted molar refractivity (Wildman–Crippen MR) is 245 cm³/mol. The lowest BCUT2D eigenvalue weighted by Crippen LogP contribution is -2.59. The highest BCUT2D eigenvalue weighted by Crippen LogP contribution is 2.48. The number of fused-ring (bicyclic) bond motifs is 9. The third kappa shape index (κ3) is 5.39. The Balaban J connectivity index is 1.24. The molecule has 2 aliphatic heterocycles. The first-order valence-electron chi connectivity index (χ1n) is 21.7. The van der Waals surface area contributed by atoms with Crippen molar-refractivity contribution in [1.29, 1.82) is 0 Å². The van der Waals surface area contributed by atoms with Gasteiger partial charge in [0.15, 0.2) is 0 Å². The molecule has 3 heterocycles. The largest absolute Gasteiger partial charge is 0.458 e. The minimum Gasteiger partial charge on any atom is -0.458 e. The second-order valence-corrected chi connectivity index (χ2v) is 20.8. The second-order valence-electron chi connectivity index (χ2n) is 20.8. The number of ether oxygens (including phenoxy) is 1. The standard InChI is InChI=1S/C54H54BNO2/c1-52(2,3)34-16-20-37(21-17-34)56-44-30-48-41(40-27-35(53(4,5)6)18-22-46(40)57-48)29-42(44)55-43-28-36(54(7,8)9)19-23-47(43)58-49-26-33(25-45(56)51(49)55)50-38-14-10-12-31(38)24-32-13-11-15-39(32)50/h16-30H,10-15H2,1-9H3. The van der Waals surface area contributed by atoms with Crippen molar-refractivity contribution < 1.29 is 9.15 Å². The van der Waals surface area contributed by atoms with Gasteiger partial charge in [-0.2, -0.15) is 0 Å². The Morgan fingerprint density at radius 1 is 0.517 bits per heavy atom. The lowest BCUT2D eigenvalue weighted by molar-refractivity contribution is 0.486. The fraction of sp³-hybridized carbons (Fsp3) is 0.333. The summed E-state index contributed by atoms with van der Waals surface area (Å²) in [6, 6.07) is 35.3. The van der Waals surface area contributed by atoms with Crippen molar-refractivity contribution in [2.75, 3.05) is 4.90 Å². The molecule has 0 unspecified atom stereocenters. The van der Waals surface area contributed by atoms with Gasteiger partial charge in [-0.15, -0.1) is 0 Å². The van der Waals surface area contributed by atoms with E-state index in [0.717, 1.165) is 41.2 Å². The van der Waals surface area contributed by atoms with Crippen molar-refractivity contribution in [3.8, 4) is 22.6 Å². The molecule has 0 N–H and O–H groups in total. The third-order valence-corrected chi connectivity index (χ3v) is 13.8. The van der Waals surface area contributed by atoms with Crippen molar-refractivity contribution in [2.45, 2.75) is 117 Å². The molecular formula is C54H54BNO2. The van der Waals surface area contributed by atoms with Crippen molar-refractivity contribution in [2.24, 2.45) is 0 Å². The van der Waals surface area contributed by atoms with E-state index in [9.17, 15) is 0 Å². The highest BCUT2D eigenvalue weighted by Gasteiger charge is 2.44. The van der Waals surface area contributed by atoms with Gasteiger partial charge in [0.1, 0.15) is 22.7 Å². The molecule has 290 valence electrons. The number of rotatable bonds is 2. The van der Waals surface area contributed by atoms with Crippen LogP contribution in [0.5, 0.6) is 11.5 Å². The summed E-state index contributed by atoms with van der Waals surface area (Å²) in [6.07, 6.45) is 7.12. The van der Waals surface area contributed by atoms with Crippen LogP contribution in [0, 0.1) is 0 Å². The number of nitrogens with zero attached hydrogens (tertiary/aromatic N) is 1. The average Bonchev–Trinajstić information content (AvgIpc) is 3.93. The summed E-state index contributed by atoms with van der Waals surface area (Å²) in [5, 5.41) is 2.34. The number of aryl methyl sites for hydroxylation is 2. The number of hydrogen-bond acceptors (Lipinski definition) is 3. The van der Waals surface area contributed by atoms with Crippen LogP contribution >= 0.6 is 0 Å². The molecule has 3 nitrogen and oxygen atoms in total. The fourth-order valence-electron chi connectivity index (χ4n) is 10.6. The van der Waals surface area contributed by atoms with E-state index < -0.39 is 0 Å².